The second-order valence-corrected chi connectivity index (χ2v) is 7.92. The Hall–Kier alpha value is -3.05. The number of likely N-dealkylation sites (tertiary alicyclic amines) is 1. The SMILES string of the molecule is O=C(O)C(F)(F)F.O=C(O)C(F)(F)F.c1cnc(N2CCO[C@H]3CN(Cc4nccs4)C[C@H]32)nc1. The molecule has 2 aromatic rings. The van der Waals surface area contributed by atoms with Gasteiger partial charge < -0.3 is 19.8 Å². The third-order valence-electron chi connectivity index (χ3n) is 4.51. The van der Waals surface area contributed by atoms with Crippen LogP contribution in [0, 0.1) is 0 Å². The van der Waals surface area contributed by atoms with Crippen molar-refractivity contribution < 1.29 is 50.9 Å². The van der Waals surface area contributed by atoms with Crippen LogP contribution in [0.4, 0.5) is 32.3 Å². The number of morpholine rings is 1. The number of alkyl halides is 6. The predicted octanol–water partition coefficient (Wildman–Crippen LogP) is 2.29. The molecule has 2 aromatic heterocycles. The van der Waals surface area contributed by atoms with Gasteiger partial charge in [0.25, 0.3) is 0 Å². The monoisotopic (exact) mass is 531 g/mol. The van der Waals surface area contributed by atoms with E-state index in [2.05, 4.69) is 24.8 Å². The first kappa shape index (κ1) is 28.2. The second-order valence-electron chi connectivity index (χ2n) is 6.94. The number of fused-ring (bicyclic) bond motifs is 1. The number of hydrogen-bond acceptors (Lipinski definition) is 9. The lowest BCUT2D eigenvalue weighted by Gasteiger charge is -2.36. The average Bonchev–Trinajstić information content (AvgIpc) is 3.43. The molecule has 0 saturated carbocycles. The minimum absolute atomic E-state index is 0.238. The van der Waals surface area contributed by atoms with E-state index in [1.807, 2.05) is 17.6 Å². The Balaban J connectivity index is 0.000000257. The smallest absolute Gasteiger partial charge is 0.475 e. The molecular weight excluding hydrogens is 512 g/mol. The van der Waals surface area contributed by atoms with Crippen LogP contribution in [-0.2, 0) is 20.9 Å². The Labute approximate surface area is 197 Å². The molecule has 0 bridgehead atoms. The molecule has 4 rings (SSSR count). The minimum Gasteiger partial charge on any atom is -0.475 e. The van der Waals surface area contributed by atoms with Crippen LogP contribution >= 0.6 is 11.3 Å². The molecule has 0 aliphatic carbocycles. The molecule has 0 aromatic carbocycles. The number of carbonyl (C=O) groups is 2. The quantitative estimate of drug-likeness (QED) is 0.570. The van der Waals surface area contributed by atoms with E-state index in [-0.39, 0.29) is 6.10 Å². The Kier molecular flexibility index (Phi) is 9.73. The van der Waals surface area contributed by atoms with Crippen molar-refractivity contribution in [3.8, 4) is 0 Å². The average molecular weight is 531 g/mol. The van der Waals surface area contributed by atoms with Crippen LogP contribution in [0.15, 0.2) is 30.0 Å². The molecular formula is C18H19F6N5O5S. The lowest BCUT2D eigenvalue weighted by atomic mass is 10.1. The predicted molar refractivity (Wildman–Crippen MR) is 108 cm³/mol. The van der Waals surface area contributed by atoms with Crippen molar-refractivity contribution in [3.05, 3.63) is 35.0 Å². The number of carboxylic acids is 2. The van der Waals surface area contributed by atoms with E-state index >= 15 is 0 Å². The Morgan fingerprint density at radius 3 is 2.06 bits per heavy atom. The van der Waals surface area contributed by atoms with Crippen LogP contribution in [0.2, 0.25) is 0 Å². The third kappa shape index (κ3) is 8.91. The minimum atomic E-state index is -5.08. The summed E-state index contributed by atoms with van der Waals surface area (Å²) in [5.74, 6) is -4.70. The number of rotatable bonds is 3. The van der Waals surface area contributed by atoms with Gasteiger partial charge in [-0.2, -0.15) is 26.3 Å². The highest BCUT2D eigenvalue weighted by Crippen LogP contribution is 2.27. The van der Waals surface area contributed by atoms with Crippen molar-refractivity contribution in [1.82, 2.24) is 19.9 Å². The third-order valence-corrected chi connectivity index (χ3v) is 5.28. The van der Waals surface area contributed by atoms with Gasteiger partial charge in [-0.25, -0.2) is 24.5 Å². The summed E-state index contributed by atoms with van der Waals surface area (Å²) >= 11 is 1.71. The summed E-state index contributed by atoms with van der Waals surface area (Å²) in [6.07, 6.45) is -4.46. The molecule has 2 fully saturated rings. The summed E-state index contributed by atoms with van der Waals surface area (Å²) in [4.78, 5) is 35.7. The maximum absolute atomic E-state index is 10.6. The zero-order valence-corrected chi connectivity index (χ0v) is 18.4. The molecule has 0 unspecified atom stereocenters. The lowest BCUT2D eigenvalue weighted by Crippen LogP contribution is -2.51. The Morgan fingerprint density at radius 2 is 1.57 bits per heavy atom. The van der Waals surface area contributed by atoms with Crippen LogP contribution in [-0.4, -0.2) is 92.7 Å². The van der Waals surface area contributed by atoms with E-state index in [9.17, 15) is 26.3 Å². The number of ether oxygens (including phenoxy) is 1. The highest BCUT2D eigenvalue weighted by Gasteiger charge is 2.41. The normalized spacial score (nSPS) is 20.1. The molecule has 2 N–H and O–H groups in total. The summed E-state index contributed by atoms with van der Waals surface area (Å²) in [7, 11) is 0. The standard InChI is InChI=1S/C14H17N5OS.2C2HF3O2/c1-2-16-14(17-3-1)19-5-6-20-12-9-18(8-11(12)19)10-13-15-4-7-21-13;2*3-2(4,5)1(6)7/h1-4,7,11-12H,5-6,8-10H2;2*(H,6,7)/t11-,12+;;/m1../s1. The summed E-state index contributed by atoms with van der Waals surface area (Å²) in [5, 5.41) is 17.4. The van der Waals surface area contributed by atoms with E-state index < -0.39 is 24.3 Å². The van der Waals surface area contributed by atoms with E-state index in [4.69, 9.17) is 24.5 Å². The molecule has 0 spiro atoms. The topological polar surface area (TPSA) is 129 Å². The lowest BCUT2D eigenvalue weighted by molar-refractivity contribution is -0.193. The highest BCUT2D eigenvalue weighted by atomic mass is 32.1. The van der Waals surface area contributed by atoms with Gasteiger partial charge in [-0.1, -0.05) is 0 Å². The number of carboxylic acid groups (broad SMARTS) is 2. The molecule has 0 amide bonds. The fraction of sp³-hybridized carbons (Fsp3) is 0.500. The first-order valence-corrected chi connectivity index (χ1v) is 10.5. The number of aromatic nitrogens is 3. The molecule has 10 nitrogen and oxygen atoms in total. The number of aliphatic carboxylic acids is 2. The molecule has 2 saturated heterocycles. The highest BCUT2D eigenvalue weighted by molar-refractivity contribution is 7.09. The van der Waals surface area contributed by atoms with Crippen molar-refractivity contribution in [3.63, 3.8) is 0 Å². The van der Waals surface area contributed by atoms with Crippen molar-refractivity contribution >= 4 is 29.2 Å². The van der Waals surface area contributed by atoms with Gasteiger partial charge in [0.15, 0.2) is 0 Å². The Morgan fingerprint density at radius 1 is 1.00 bits per heavy atom. The van der Waals surface area contributed by atoms with Gasteiger partial charge in [0.05, 0.1) is 25.3 Å². The van der Waals surface area contributed by atoms with Crippen molar-refractivity contribution in [2.45, 2.75) is 31.0 Å². The maximum atomic E-state index is 10.6. The van der Waals surface area contributed by atoms with Crippen LogP contribution in [0.1, 0.15) is 5.01 Å². The van der Waals surface area contributed by atoms with Gasteiger partial charge in [0, 0.05) is 43.6 Å². The van der Waals surface area contributed by atoms with E-state index in [1.165, 1.54) is 0 Å². The van der Waals surface area contributed by atoms with Crippen LogP contribution in [0.3, 0.4) is 0 Å². The van der Waals surface area contributed by atoms with Crippen molar-refractivity contribution in [1.29, 1.82) is 0 Å². The molecule has 35 heavy (non-hydrogen) atoms. The summed E-state index contributed by atoms with van der Waals surface area (Å²) < 4.78 is 69.4. The fourth-order valence-corrected chi connectivity index (χ4v) is 3.76. The summed E-state index contributed by atoms with van der Waals surface area (Å²) in [6.45, 7) is 4.42. The number of halogens is 6. The number of hydrogen-bond donors (Lipinski definition) is 2. The van der Waals surface area contributed by atoms with Crippen LogP contribution in [0.25, 0.3) is 0 Å². The number of thiazole rings is 1. The van der Waals surface area contributed by atoms with Crippen LogP contribution in [0.5, 0.6) is 0 Å². The fourth-order valence-electron chi connectivity index (χ4n) is 3.10. The van der Waals surface area contributed by atoms with E-state index in [1.54, 1.807) is 23.7 Å². The molecule has 4 heterocycles. The van der Waals surface area contributed by atoms with Gasteiger partial charge in [-0.3, -0.25) is 4.90 Å². The molecule has 2 aliphatic rings. The zero-order valence-electron chi connectivity index (χ0n) is 17.6. The van der Waals surface area contributed by atoms with Gasteiger partial charge in [0.2, 0.25) is 5.95 Å². The molecule has 0 radical (unpaired) electrons. The molecule has 194 valence electrons. The molecule has 2 atom stereocenters. The maximum Gasteiger partial charge on any atom is 0.490 e. The zero-order chi connectivity index (χ0) is 26.2. The first-order valence-electron chi connectivity index (χ1n) is 9.65. The summed E-state index contributed by atoms with van der Waals surface area (Å²) in [6, 6.07) is 2.19. The Bertz CT molecular complexity index is 923. The second kappa shape index (κ2) is 12.1. The van der Waals surface area contributed by atoms with E-state index in [0.29, 0.717) is 6.04 Å². The van der Waals surface area contributed by atoms with Gasteiger partial charge in [0.1, 0.15) is 5.01 Å². The largest absolute Gasteiger partial charge is 0.490 e. The van der Waals surface area contributed by atoms with E-state index in [0.717, 1.165) is 43.7 Å². The van der Waals surface area contributed by atoms with Gasteiger partial charge in [-0.05, 0) is 6.07 Å². The molecule has 17 heteroatoms. The summed E-state index contributed by atoms with van der Waals surface area (Å²) in [5.41, 5.74) is 0. The first-order chi connectivity index (χ1) is 16.3. The van der Waals surface area contributed by atoms with Gasteiger partial charge >= 0.3 is 24.3 Å². The van der Waals surface area contributed by atoms with Crippen LogP contribution < -0.4 is 4.90 Å². The number of anilines is 1. The van der Waals surface area contributed by atoms with Crippen molar-refractivity contribution in [2.75, 3.05) is 31.1 Å². The number of nitrogens with zero attached hydrogens (tertiary/aromatic N) is 5. The van der Waals surface area contributed by atoms with Gasteiger partial charge in [-0.15, -0.1) is 11.3 Å². The van der Waals surface area contributed by atoms with Crippen molar-refractivity contribution in [2.24, 2.45) is 0 Å². The molecule has 2 aliphatic heterocycles.